The number of phenols is 1. The first-order valence-electron chi connectivity index (χ1n) is 10.1. The summed E-state index contributed by atoms with van der Waals surface area (Å²) in [5.74, 6) is -0.961. The number of aromatic hydroxyl groups is 1. The maximum absolute atomic E-state index is 11.8. The molecular formula is C21H26O10. The Bertz CT molecular complexity index is 955. The van der Waals surface area contributed by atoms with E-state index in [0.29, 0.717) is 11.8 Å². The van der Waals surface area contributed by atoms with E-state index in [1.54, 1.807) is 0 Å². The Labute approximate surface area is 177 Å². The zero-order valence-corrected chi connectivity index (χ0v) is 17.0. The molecule has 2 aromatic rings. The maximum atomic E-state index is 11.8. The Morgan fingerprint density at radius 3 is 2.61 bits per heavy atom. The molecule has 0 spiro atoms. The first-order valence-corrected chi connectivity index (χ1v) is 10.1. The number of aliphatic hydroxyl groups is 3. The van der Waals surface area contributed by atoms with E-state index in [1.165, 1.54) is 24.3 Å². The molecule has 31 heavy (non-hydrogen) atoms. The molecule has 3 rings (SSSR count). The van der Waals surface area contributed by atoms with Gasteiger partial charge in [0.1, 0.15) is 36.6 Å². The summed E-state index contributed by atoms with van der Waals surface area (Å²) in [4.78, 5) is 23.1. The third-order valence-corrected chi connectivity index (χ3v) is 5.01. The predicted molar refractivity (Wildman–Crippen MR) is 107 cm³/mol. The number of aliphatic hydroxyl groups excluding tert-OH is 3. The summed E-state index contributed by atoms with van der Waals surface area (Å²) in [5.41, 5.74) is -0.457. The lowest BCUT2D eigenvalue weighted by molar-refractivity contribution is -0.278. The van der Waals surface area contributed by atoms with Crippen LogP contribution in [0.25, 0.3) is 11.0 Å². The summed E-state index contributed by atoms with van der Waals surface area (Å²) < 4.78 is 21.1. The minimum Gasteiger partial charge on any atom is -0.504 e. The number of hydrogen-bond acceptors (Lipinski definition) is 10. The average molecular weight is 438 g/mol. The number of carbonyl (C=O) groups excluding carboxylic acids is 1. The second-order valence-corrected chi connectivity index (χ2v) is 7.38. The second kappa shape index (κ2) is 10.1. The molecule has 0 saturated carbocycles. The Morgan fingerprint density at radius 2 is 1.87 bits per heavy atom. The molecule has 1 aliphatic rings. The Morgan fingerprint density at radius 1 is 1.10 bits per heavy atom. The van der Waals surface area contributed by atoms with E-state index in [4.69, 9.17) is 18.6 Å². The largest absolute Gasteiger partial charge is 0.504 e. The zero-order chi connectivity index (χ0) is 22.5. The van der Waals surface area contributed by atoms with Crippen molar-refractivity contribution in [2.75, 3.05) is 6.61 Å². The topological polar surface area (TPSA) is 156 Å². The molecule has 1 fully saturated rings. The Balaban J connectivity index is 1.69. The van der Waals surface area contributed by atoms with Gasteiger partial charge in [-0.05, 0) is 18.6 Å². The van der Waals surface area contributed by atoms with Crippen LogP contribution in [0.3, 0.4) is 0 Å². The summed E-state index contributed by atoms with van der Waals surface area (Å²) >= 11 is 0. The number of esters is 1. The van der Waals surface area contributed by atoms with Crippen LogP contribution in [0.1, 0.15) is 32.6 Å². The van der Waals surface area contributed by atoms with Gasteiger partial charge < -0.3 is 39.1 Å². The van der Waals surface area contributed by atoms with E-state index in [9.17, 15) is 30.0 Å². The fourth-order valence-corrected chi connectivity index (χ4v) is 3.22. The van der Waals surface area contributed by atoms with Gasteiger partial charge in [0.2, 0.25) is 6.29 Å². The first-order chi connectivity index (χ1) is 14.8. The van der Waals surface area contributed by atoms with Crippen LogP contribution in [0.15, 0.2) is 33.5 Å². The molecule has 1 aromatic carbocycles. The number of fused-ring (bicyclic) bond motifs is 1. The first kappa shape index (κ1) is 23.0. The number of ether oxygens (including phenoxy) is 3. The molecule has 10 nitrogen and oxygen atoms in total. The molecular weight excluding hydrogens is 412 g/mol. The van der Waals surface area contributed by atoms with Gasteiger partial charge in [0, 0.05) is 23.9 Å². The summed E-state index contributed by atoms with van der Waals surface area (Å²) in [6.07, 6.45) is -4.68. The molecule has 1 aromatic heterocycles. The van der Waals surface area contributed by atoms with Crippen molar-refractivity contribution in [2.45, 2.75) is 63.3 Å². The highest BCUT2D eigenvalue weighted by atomic mass is 16.7. The summed E-state index contributed by atoms with van der Waals surface area (Å²) in [7, 11) is 0. The van der Waals surface area contributed by atoms with Crippen LogP contribution >= 0.6 is 0 Å². The van der Waals surface area contributed by atoms with Crippen LogP contribution in [0.5, 0.6) is 11.5 Å². The van der Waals surface area contributed by atoms with Gasteiger partial charge in [0.25, 0.3) is 0 Å². The van der Waals surface area contributed by atoms with Crippen molar-refractivity contribution in [3.05, 3.63) is 34.7 Å². The van der Waals surface area contributed by atoms with Gasteiger partial charge in [-0.1, -0.05) is 19.8 Å². The normalized spacial score (nSPS) is 26.0. The van der Waals surface area contributed by atoms with E-state index in [2.05, 4.69) is 0 Å². The summed E-state index contributed by atoms with van der Waals surface area (Å²) in [6.45, 7) is 1.66. The lowest BCUT2D eigenvalue weighted by atomic mass is 9.99. The van der Waals surface area contributed by atoms with Crippen molar-refractivity contribution in [3.63, 3.8) is 0 Å². The highest BCUT2D eigenvalue weighted by molar-refractivity contribution is 5.80. The molecule has 0 radical (unpaired) electrons. The number of carbonyl (C=O) groups is 1. The molecule has 0 amide bonds. The van der Waals surface area contributed by atoms with Crippen LogP contribution < -0.4 is 10.4 Å². The third kappa shape index (κ3) is 5.53. The van der Waals surface area contributed by atoms with Crippen molar-refractivity contribution >= 4 is 16.9 Å². The molecule has 5 atom stereocenters. The van der Waals surface area contributed by atoms with Gasteiger partial charge in [0.15, 0.2) is 11.5 Å². The van der Waals surface area contributed by atoms with E-state index in [-0.39, 0.29) is 24.4 Å². The van der Waals surface area contributed by atoms with E-state index in [1.807, 2.05) is 6.92 Å². The number of phenolic OH excluding ortho intramolecular Hbond substituents is 1. The molecule has 1 aliphatic heterocycles. The van der Waals surface area contributed by atoms with Crippen LogP contribution in [0, 0.1) is 0 Å². The van der Waals surface area contributed by atoms with Crippen molar-refractivity contribution in [1.82, 2.24) is 0 Å². The van der Waals surface area contributed by atoms with Crippen molar-refractivity contribution in [2.24, 2.45) is 0 Å². The second-order valence-electron chi connectivity index (χ2n) is 7.38. The highest BCUT2D eigenvalue weighted by Gasteiger charge is 2.45. The molecule has 170 valence electrons. The predicted octanol–water partition coefficient (Wildman–Crippen LogP) is 0.808. The summed E-state index contributed by atoms with van der Waals surface area (Å²) in [6, 6.07) is 5.19. The highest BCUT2D eigenvalue weighted by Crippen LogP contribution is 2.33. The minimum absolute atomic E-state index is 0.107. The molecule has 10 heteroatoms. The van der Waals surface area contributed by atoms with E-state index in [0.717, 1.165) is 12.8 Å². The van der Waals surface area contributed by atoms with Crippen LogP contribution in [0.4, 0.5) is 0 Å². The maximum Gasteiger partial charge on any atom is 0.336 e. The lowest BCUT2D eigenvalue weighted by Crippen LogP contribution is -2.60. The van der Waals surface area contributed by atoms with Crippen LogP contribution in [-0.2, 0) is 14.3 Å². The third-order valence-electron chi connectivity index (χ3n) is 5.01. The van der Waals surface area contributed by atoms with Crippen LogP contribution in [-0.4, -0.2) is 63.7 Å². The van der Waals surface area contributed by atoms with Gasteiger partial charge in [-0.3, -0.25) is 4.79 Å². The van der Waals surface area contributed by atoms with Gasteiger partial charge in [-0.2, -0.15) is 0 Å². The monoisotopic (exact) mass is 438 g/mol. The van der Waals surface area contributed by atoms with Gasteiger partial charge in [-0.25, -0.2) is 4.79 Å². The number of rotatable bonds is 8. The molecule has 0 aliphatic carbocycles. The molecule has 4 N–H and O–H groups in total. The van der Waals surface area contributed by atoms with E-state index < -0.39 is 48.1 Å². The Hall–Kier alpha value is -2.66. The number of unbranched alkanes of at least 4 members (excludes halogenated alkanes) is 2. The van der Waals surface area contributed by atoms with Crippen molar-refractivity contribution in [1.29, 1.82) is 0 Å². The number of hydrogen-bond donors (Lipinski definition) is 4. The quantitative estimate of drug-likeness (QED) is 0.264. The fourth-order valence-electron chi connectivity index (χ4n) is 3.22. The van der Waals surface area contributed by atoms with Gasteiger partial charge in [-0.15, -0.1) is 0 Å². The SMILES string of the molecule is CCCCCC(=O)OC[C@H]1O[C@H](Oc2cc3ccc(=O)oc3cc2O)[C@H](O)[C@@H](O)[C@@H]1O. The molecule has 0 bridgehead atoms. The molecule has 0 unspecified atom stereocenters. The Kier molecular flexibility index (Phi) is 7.50. The van der Waals surface area contributed by atoms with E-state index >= 15 is 0 Å². The van der Waals surface area contributed by atoms with Gasteiger partial charge >= 0.3 is 11.6 Å². The minimum atomic E-state index is -1.64. The fraction of sp³-hybridized carbons (Fsp3) is 0.524. The smallest absolute Gasteiger partial charge is 0.336 e. The average Bonchev–Trinajstić information content (AvgIpc) is 2.74. The zero-order valence-electron chi connectivity index (χ0n) is 17.0. The molecule has 2 heterocycles. The van der Waals surface area contributed by atoms with Gasteiger partial charge in [0.05, 0.1) is 0 Å². The molecule has 1 saturated heterocycles. The van der Waals surface area contributed by atoms with Crippen molar-refractivity contribution < 1.29 is 43.8 Å². The van der Waals surface area contributed by atoms with Crippen molar-refractivity contribution in [3.8, 4) is 11.5 Å². The number of benzene rings is 1. The summed E-state index contributed by atoms with van der Waals surface area (Å²) in [5, 5.41) is 41.2. The standard InChI is InChI=1S/C21H26O10/c1-2-3-4-5-16(23)28-10-15-18(25)19(26)20(27)21(31-15)30-14-8-11-6-7-17(24)29-13(11)9-12(14)22/h6-9,15,18-22,25-27H,2-5,10H2,1H3/t15-,18-,19+,20-,21+/m1/s1. The van der Waals surface area contributed by atoms with Crippen LogP contribution in [0.2, 0.25) is 0 Å². The lowest BCUT2D eigenvalue weighted by Gasteiger charge is -2.39.